The van der Waals surface area contributed by atoms with Crippen molar-refractivity contribution in [3.63, 3.8) is 0 Å². The van der Waals surface area contributed by atoms with Crippen LogP contribution in [-0.4, -0.2) is 54.4 Å². The van der Waals surface area contributed by atoms with Crippen molar-refractivity contribution in [2.75, 3.05) is 6.61 Å². The van der Waals surface area contributed by atoms with E-state index in [1.54, 1.807) is 0 Å². The van der Waals surface area contributed by atoms with Gasteiger partial charge in [-0.25, -0.2) is 9.37 Å². The molecule has 4 atom stereocenters. The molecule has 2 aromatic heterocycles. The van der Waals surface area contributed by atoms with Gasteiger partial charge in [-0.1, -0.05) is 0 Å². The summed E-state index contributed by atoms with van der Waals surface area (Å²) in [6.45, 7) is -0.494. The lowest BCUT2D eigenvalue weighted by atomic mass is 10.1. The fourth-order valence-corrected chi connectivity index (χ4v) is 2.49. The van der Waals surface area contributed by atoms with Crippen LogP contribution in [0.4, 0.5) is 4.39 Å². The van der Waals surface area contributed by atoms with Gasteiger partial charge < -0.3 is 29.2 Å². The van der Waals surface area contributed by atoms with Crippen molar-refractivity contribution in [3.05, 3.63) is 28.7 Å². The van der Waals surface area contributed by atoms with Crippen molar-refractivity contribution in [3.8, 4) is 0 Å². The zero-order chi connectivity index (χ0) is 15.3. The van der Waals surface area contributed by atoms with E-state index in [4.69, 9.17) is 9.84 Å². The second kappa shape index (κ2) is 4.88. The maximum atomic E-state index is 14.0. The maximum absolute atomic E-state index is 14.0. The van der Waals surface area contributed by atoms with Gasteiger partial charge in [0.25, 0.3) is 5.56 Å². The number of halogens is 1. The molecule has 3 rings (SSSR count). The molecule has 0 aliphatic carbocycles. The van der Waals surface area contributed by atoms with Gasteiger partial charge >= 0.3 is 0 Å². The number of fused-ring (bicyclic) bond motifs is 1. The third kappa shape index (κ3) is 1.97. The number of aromatic nitrogens is 3. The number of rotatable bonds is 2. The molecule has 8 nitrogen and oxygen atoms in total. The standard InChI is InChI=1S/C12H14FN3O5/c1-15-4-14-10-7(11(15)20)5(13)2-16(10)12-9(19)8(18)6(3-17)21-12/h2,4,6,8-9,12,17-19H,3H2,1H3/t6-,8-,9-,12?/m1/s1. The summed E-state index contributed by atoms with van der Waals surface area (Å²) in [4.78, 5) is 15.9. The number of ether oxygens (including phenoxy) is 1. The molecular weight excluding hydrogens is 285 g/mol. The van der Waals surface area contributed by atoms with E-state index < -0.39 is 42.5 Å². The van der Waals surface area contributed by atoms with E-state index in [0.29, 0.717) is 0 Å². The van der Waals surface area contributed by atoms with E-state index in [1.165, 1.54) is 13.4 Å². The van der Waals surface area contributed by atoms with Crippen molar-refractivity contribution in [2.24, 2.45) is 7.05 Å². The second-order valence-electron chi connectivity index (χ2n) is 4.97. The van der Waals surface area contributed by atoms with Crippen LogP contribution in [0.1, 0.15) is 6.23 Å². The van der Waals surface area contributed by atoms with Gasteiger partial charge in [-0.3, -0.25) is 4.79 Å². The Balaban J connectivity index is 2.14. The minimum atomic E-state index is -1.37. The molecule has 0 radical (unpaired) electrons. The molecule has 1 saturated heterocycles. The molecule has 21 heavy (non-hydrogen) atoms. The number of aryl methyl sites for hydroxylation is 1. The van der Waals surface area contributed by atoms with Gasteiger partial charge in [0.2, 0.25) is 0 Å². The van der Waals surface area contributed by atoms with Gasteiger partial charge in [0.1, 0.15) is 23.7 Å². The molecule has 9 heteroatoms. The highest BCUT2D eigenvalue weighted by molar-refractivity contribution is 5.75. The first kappa shape index (κ1) is 14.1. The molecule has 1 aliphatic heterocycles. The maximum Gasteiger partial charge on any atom is 0.265 e. The summed E-state index contributed by atoms with van der Waals surface area (Å²) >= 11 is 0. The highest BCUT2D eigenvalue weighted by Crippen LogP contribution is 2.32. The van der Waals surface area contributed by atoms with E-state index in [0.717, 1.165) is 15.3 Å². The molecular formula is C12H14FN3O5. The van der Waals surface area contributed by atoms with Crippen LogP contribution in [0.2, 0.25) is 0 Å². The summed E-state index contributed by atoms with van der Waals surface area (Å²) < 4.78 is 21.6. The van der Waals surface area contributed by atoms with E-state index in [9.17, 15) is 19.4 Å². The van der Waals surface area contributed by atoms with Crippen LogP contribution in [0.25, 0.3) is 11.0 Å². The van der Waals surface area contributed by atoms with E-state index in [-0.39, 0.29) is 11.0 Å². The summed E-state index contributed by atoms with van der Waals surface area (Å²) in [5.74, 6) is -0.795. The minimum Gasteiger partial charge on any atom is -0.394 e. The first-order valence-corrected chi connectivity index (χ1v) is 6.29. The Hall–Kier alpha value is -1.81. The molecule has 3 N–H and O–H groups in total. The van der Waals surface area contributed by atoms with Crippen LogP contribution in [-0.2, 0) is 11.8 Å². The number of hydrogen-bond donors (Lipinski definition) is 3. The topological polar surface area (TPSA) is 110 Å². The van der Waals surface area contributed by atoms with Crippen LogP contribution in [0.15, 0.2) is 17.3 Å². The number of nitrogens with zero attached hydrogens (tertiary/aromatic N) is 3. The zero-order valence-corrected chi connectivity index (χ0v) is 11.0. The highest BCUT2D eigenvalue weighted by atomic mass is 19.1. The smallest absolute Gasteiger partial charge is 0.265 e. The summed E-state index contributed by atoms with van der Waals surface area (Å²) in [5.41, 5.74) is -0.562. The Labute approximate surface area is 117 Å². The largest absolute Gasteiger partial charge is 0.394 e. The predicted octanol–water partition coefficient (Wildman–Crippen LogP) is -1.51. The Kier molecular flexibility index (Phi) is 3.29. The number of aliphatic hydroxyl groups excluding tert-OH is 3. The van der Waals surface area contributed by atoms with E-state index >= 15 is 0 Å². The lowest BCUT2D eigenvalue weighted by Crippen LogP contribution is -2.33. The molecule has 1 unspecified atom stereocenters. The SMILES string of the molecule is Cn1cnc2c(c(F)cn2C2O[C@H](CO)[C@@H](O)[C@H]2O)c1=O. The van der Waals surface area contributed by atoms with Crippen molar-refractivity contribution < 1.29 is 24.4 Å². The van der Waals surface area contributed by atoms with Crippen LogP contribution in [0.3, 0.4) is 0 Å². The molecule has 2 aromatic rings. The summed E-state index contributed by atoms with van der Waals surface area (Å²) in [5, 5.41) is 28.5. The monoisotopic (exact) mass is 299 g/mol. The molecule has 114 valence electrons. The van der Waals surface area contributed by atoms with Crippen LogP contribution in [0.5, 0.6) is 0 Å². The van der Waals surface area contributed by atoms with E-state index in [2.05, 4.69) is 4.98 Å². The van der Waals surface area contributed by atoms with Gasteiger partial charge in [0.05, 0.1) is 12.9 Å². The number of aliphatic hydroxyl groups is 3. The normalized spacial score (nSPS) is 29.4. The summed E-state index contributed by atoms with van der Waals surface area (Å²) in [6, 6.07) is 0. The lowest BCUT2D eigenvalue weighted by Gasteiger charge is -2.17. The van der Waals surface area contributed by atoms with E-state index in [1.807, 2.05) is 0 Å². The molecule has 0 spiro atoms. The predicted molar refractivity (Wildman–Crippen MR) is 67.9 cm³/mol. The molecule has 1 aliphatic rings. The Morgan fingerprint density at radius 2 is 2.14 bits per heavy atom. The second-order valence-corrected chi connectivity index (χ2v) is 4.97. The Morgan fingerprint density at radius 3 is 2.76 bits per heavy atom. The third-order valence-electron chi connectivity index (χ3n) is 3.64. The van der Waals surface area contributed by atoms with Gasteiger partial charge in [-0.2, -0.15) is 0 Å². The summed E-state index contributed by atoms with van der Waals surface area (Å²) in [6.07, 6.45) is -2.60. The fraction of sp³-hybridized carbons (Fsp3) is 0.500. The Morgan fingerprint density at radius 1 is 1.43 bits per heavy atom. The molecule has 0 aromatic carbocycles. The first-order chi connectivity index (χ1) is 9.95. The van der Waals surface area contributed by atoms with Crippen LogP contribution in [0, 0.1) is 5.82 Å². The molecule has 3 heterocycles. The minimum absolute atomic E-state index is 0.00504. The van der Waals surface area contributed by atoms with Crippen LogP contribution >= 0.6 is 0 Å². The quantitative estimate of drug-likeness (QED) is 0.622. The van der Waals surface area contributed by atoms with Crippen molar-refractivity contribution >= 4 is 11.0 Å². The van der Waals surface area contributed by atoms with Crippen molar-refractivity contribution in [2.45, 2.75) is 24.5 Å². The van der Waals surface area contributed by atoms with Gasteiger partial charge in [-0.05, 0) is 0 Å². The fourth-order valence-electron chi connectivity index (χ4n) is 2.49. The molecule has 0 bridgehead atoms. The average molecular weight is 299 g/mol. The van der Waals surface area contributed by atoms with Crippen molar-refractivity contribution in [1.82, 2.24) is 14.1 Å². The van der Waals surface area contributed by atoms with Gasteiger partial charge in [0.15, 0.2) is 17.7 Å². The zero-order valence-electron chi connectivity index (χ0n) is 11.0. The molecule has 0 saturated carbocycles. The highest BCUT2D eigenvalue weighted by Gasteiger charge is 2.44. The first-order valence-electron chi connectivity index (χ1n) is 6.29. The average Bonchev–Trinajstić information content (AvgIpc) is 2.94. The van der Waals surface area contributed by atoms with Crippen molar-refractivity contribution in [1.29, 1.82) is 0 Å². The third-order valence-corrected chi connectivity index (χ3v) is 3.64. The lowest BCUT2D eigenvalue weighted by molar-refractivity contribution is -0.0510. The summed E-state index contributed by atoms with van der Waals surface area (Å²) in [7, 11) is 1.44. The molecule has 0 amide bonds. The molecule has 1 fully saturated rings. The Bertz CT molecular complexity index is 742. The number of hydrogen-bond acceptors (Lipinski definition) is 6. The van der Waals surface area contributed by atoms with Crippen LogP contribution < -0.4 is 5.56 Å². The van der Waals surface area contributed by atoms with Gasteiger partial charge in [0, 0.05) is 13.2 Å². The van der Waals surface area contributed by atoms with Gasteiger partial charge in [-0.15, -0.1) is 0 Å².